The van der Waals surface area contributed by atoms with Crippen LogP contribution in [0.3, 0.4) is 0 Å². The van der Waals surface area contributed by atoms with Gasteiger partial charge in [-0.15, -0.1) is 0 Å². The van der Waals surface area contributed by atoms with Gasteiger partial charge < -0.3 is 4.74 Å². The van der Waals surface area contributed by atoms with Gasteiger partial charge in [-0.25, -0.2) is 9.78 Å². The van der Waals surface area contributed by atoms with Crippen molar-refractivity contribution < 1.29 is 14.5 Å². The summed E-state index contributed by atoms with van der Waals surface area (Å²) >= 11 is 9.24. The van der Waals surface area contributed by atoms with Crippen molar-refractivity contribution in [2.24, 2.45) is 0 Å². The van der Waals surface area contributed by atoms with Crippen molar-refractivity contribution in [1.82, 2.24) is 4.98 Å². The molecule has 20 heavy (non-hydrogen) atoms. The SMILES string of the molecule is CCOC(=O)c1cc2c(Cl)c([N+](=O)[O-])cnc2cc1Br. The van der Waals surface area contributed by atoms with Crippen LogP contribution in [0.1, 0.15) is 17.3 Å². The molecule has 0 unspecified atom stereocenters. The molecule has 0 bridgehead atoms. The van der Waals surface area contributed by atoms with Gasteiger partial charge in [-0.1, -0.05) is 11.6 Å². The number of benzene rings is 1. The van der Waals surface area contributed by atoms with E-state index in [9.17, 15) is 14.9 Å². The Labute approximate surface area is 127 Å². The monoisotopic (exact) mass is 358 g/mol. The maximum atomic E-state index is 11.8. The average Bonchev–Trinajstić information content (AvgIpc) is 2.38. The van der Waals surface area contributed by atoms with E-state index in [1.54, 1.807) is 13.0 Å². The number of carbonyl (C=O) groups is 1. The first-order chi connectivity index (χ1) is 9.45. The summed E-state index contributed by atoms with van der Waals surface area (Å²) in [6.45, 7) is 1.91. The number of ether oxygens (including phenoxy) is 1. The molecule has 0 aliphatic carbocycles. The van der Waals surface area contributed by atoms with E-state index in [-0.39, 0.29) is 22.9 Å². The number of rotatable bonds is 3. The Morgan fingerprint density at radius 1 is 1.55 bits per heavy atom. The van der Waals surface area contributed by atoms with Gasteiger partial charge in [0.15, 0.2) is 0 Å². The largest absolute Gasteiger partial charge is 0.462 e. The number of nitro groups is 1. The number of nitrogens with zero attached hydrogens (tertiary/aromatic N) is 2. The van der Waals surface area contributed by atoms with Crippen molar-refractivity contribution in [3.63, 3.8) is 0 Å². The molecular weight excluding hydrogens is 351 g/mol. The Morgan fingerprint density at radius 3 is 2.85 bits per heavy atom. The van der Waals surface area contributed by atoms with Crippen molar-refractivity contribution in [3.8, 4) is 0 Å². The third-order valence-corrected chi connectivity index (χ3v) is 3.62. The third-order valence-electron chi connectivity index (χ3n) is 2.56. The van der Waals surface area contributed by atoms with Crippen LogP contribution in [-0.4, -0.2) is 22.5 Å². The number of esters is 1. The Hall–Kier alpha value is -1.73. The second-order valence-electron chi connectivity index (χ2n) is 3.78. The first-order valence-corrected chi connectivity index (χ1v) is 6.72. The summed E-state index contributed by atoms with van der Waals surface area (Å²) < 4.78 is 5.40. The van der Waals surface area contributed by atoms with Gasteiger partial charge in [0, 0.05) is 9.86 Å². The molecule has 0 amide bonds. The number of hydrogen-bond donors (Lipinski definition) is 0. The molecule has 6 nitrogen and oxygen atoms in total. The van der Waals surface area contributed by atoms with Crippen LogP contribution in [0.15, 0.2) is 22.8 Å². The summed E-state index contributed by atoms with van der Waals surface area (Å²) in [7, 11) is 0. The zero-order valence-electron chi connectivity index (χ0n) is 10.2. The minimum absolute atomic E-state index is 0.0574. The van der Waals surface area contributed by atoms with Gasteiger partial charge in [-0.05, 0) is 35.0 Å². The van der Waals surface area contributed by atoms with Crippen LogP contribution in [-0.2, 0) is 4.74 Å². The predicted molar refractivity (Wildman–Crippen MR) is 77.1 cm³/mol. The Kier molecular flexibility index (Phi) is 4.20. The van der Waals surface area contributed by atoms with Crippen LogP contribution in [0, 0.1) is 10.1 Å². The van der Waals surface area contributed by atoms with Crippen molar-refractivity contribution >= 4 is 50.1 Å². The number of fused-ring (bicyclic) bond motifs is 1. The fraction of sp³-hybridized carbons (Fsp3) is 0.167. The highest BCUT2D eigenvalue weighted by molar-refractivity contribution is 9.10. The molecule has 0 radical (unpaired) electrons. The minimum Gasteiger partial charge on any atom is -0.462 e. The van der Waals surface area contributed by atoms with Gasteiger partial charge >= 0.3 is 11.7 Å². The summed E-state index contributed by atoms with van der Waals surface area (Å²) in [5.41, 5.74) is 0.375. The molecule has 0 atom stereocenters. The lowest BCUT2D eigenvalue weighted by atomic mass is 10.1. The summed E-state index contributed by atoms with van der Waals surface area (Å²) in [5, 5.41) is 11.1. The van der Waals surface area contributed by atoms with Gasteiger partial charge in [0.05, 0.1) is 22.6 Å². The zero-order valence-corrected chi connectivity index (χ0v) is 12.6. The Morgan fingerprint density at radius 2 is 2.25 bits per heavy atom. The molecule has 0 saturated carbocycles. The highest BCUT2D eigenvalue weighted by Gasteiger charge is 2.19. The fourth-order valence-electron chi connectivity index (χ4n) is 1.66. The molecule has 1 aromatic carbocycles. The molecule has 1 aromatic heterocycles. The quantitative estimate of drug-likeness (QED) is 0.474. The van der Waals surface area contributed by atoms with E-state index >= 15 is 0 Å². The normalized spacial score (nSPS) is 10.6. The lowest BCUT2D eigenvalue weighted by Gasteiger charge is -2.07. The Bertz CT molecular complexity index is 720. The van der Waals surface area contributed by atoms with Gasteiger partial charge in [-0.3, -0.25) is 10.1 Å². The zero-order chi connectivity index (χ0) is 14.9. The molecule has 0 aliphatic heterocycles. The summed E-state index contributed by atoms with van der Waals surface area (Å²) in [5.74, 6) is -0.538. The van der Waals surface area contributed by atoms with Crippen LogP contribution in [0.2, 0.25) is 5.02 Å². The molecule has 0 fully saturated rings. The number of halogens is 2. The molecule has 104 valence electrons. The summed E-state index contributed by atoms with van der Waals surface area (Å²) in [4.78, 5) is 26.0. The standard InChI is InChI=1S/C12H8BrClN2O4/c1-2-20-12(17)6-3-7-9(4-8(6)13)15-5-10(11(7)14)16(18)19/h3-5H,2H2,1H3. The van der Waals surface area contributed by atoms with Crippen molar-refractivity contribution in [2.45, 2.75) is 6.92 Å². The highest BCUT2D eigenvalue weighted by atomic mass is 79.9. The van der Waals surface area contributed by atoms with Crippen molar-refractivity contribution in [1.29, 1.82) is 0 Å². The van der Waals surface area contributed by atoms with E-state index in [0.717, 1.165) is 6.20 Å². The lowest BCUT2D eigenvalue weighted by Crippen LogP contribution is -2.06. The van der Waals surface area contributed by atoms with Gasteiger partial charge in [0.25, 0.3) is 0 Å². The van der Waals surface area contributed by atoms with Crippen LogP contribution in [0.25, 0.3) is 10.9 Å². The van der Waals surface area contributed by atoms with E-state index in [1.165, 1.54) is 6.07 Å². The van der Waals surface area contributed by atoms with Crippen molar-refractivity contribution in [3.05, 3.63) is 43.5 Å². The molecule has 1 heterocycles. The van der Waals surface area contributed by atoms with E-state index in [1.807, 2.05) is 0 Å². The molecule has 8 heteroatoms. The molecule has 2 aromatic rings. The number of carbonyl (C=O) groups excluding carboxylic acids is 1. The second kappa shape index (κ2) is 5.72. The topological polar surface area (TPSA) is 82.3 Å². The number of pyridine rings is 1. The van der Waals surface area contributed by atoms with E-state index < -0.39 is 10.9 Å². The van der Waals surface area contributed by atoms with Crippen LogP contribution in [0.5, 0.6) is 0 Å². The van der Waals surface area contributed by atoms with Gasteiger partial charge in [-0.2, -0.15) is 0 Å². The fourth-order valence-corrected chi connectivity index (χ4v) is 2.43. The van der Waals surface area contributed by atoms with Crippen LogP contribution >= 0.6 is 27.5 Å². The molecule has 0 saturated heterocycles. The van der Waals surface area contributed by atoms with E-state index in [4.69, 9.17) is 16.3 Å². The Balaban J connectivity index is 2.69. The summed E-state index contributed by atoms with van der Waals surface area (Å²) in [6, 6.07) is 3.00. The maximum Gasteiger partial charge on any atom is 0.339 e. The first kappa shape index (κ1) is 14.7. The maximum absolute atomic E-state index is 11.8. The lowest BCUT2D eigenvalue weighted by molar-refractivity contribution is -0.384. The molecule has 2 rings (SSSR count). The van der Waals surface area contributed by atoms with Crippen LogP contribution in [0.4, 0.5) is 5.69 Å². The second-order valence-corrected chi connectivity index (χ2v) is 5.02. The smallest absolute Gasteiger partial charge is 0.339 e. The van der Waals surface area contributed by atoms with E-state index in [0.29, 0.717) is 15.4 Å². The highest BCUT2D eigenvalue weighted by Crippen LogP contribution is 2.34. The third kappa shape index (κ3) is 2.59. The minimum atomic E-state index is -0.624. The summed E-state index contributed by atoms with van der Waals surface area (Å²) in [6.07, 6.45) is 1.08. The molecular formula is C12H8BrClN2O4. The molecule has 0 spiro atoms. The average molecular weight is 360 g/mol. The predicted octanol–water partition coefficient (Wildman–Crippen LogP) is 3.74. The van der Waals surface area contributed by atoms with Gasteiger partial charge in [0.2, 0.25) is 0 Å². The van der Waals surface area contributed by atoms with Crippen LogP contribution < -0.4 is 0 Å². The molecule has 0 N–H and O–H groups in total. The van der Waals surface area contributed by atoms with E-state index in [2.05, 4.69) is 20.9 Å². The van der Waals surface area contributed by atoms with Crippen molar-refractivity contribution in [2.75, 3.05) is 6.61 Å². The van der Waals surface area contributed by atoms with Gasteiger partial charge in [0.1, 0.15) is 11.2 Å². The first-order valence-electron chi connectivity index (χ1n) is 5.55. The molecule has 0 aliphatic rings. The number of aromatic nitrogens is 1. The number of hydrogen-bond acceptors (Lipinski definition) is 5.